The molecule has 1 fully saturated rings. The number of nitrogens with one attached hydrogen (secondary N) is 1. The number of benzene rings is 1. The highest BCUT2D eigenvalue weighted by Crippen LogP contribution is 2.26. The molecule has 1 heterocycles. The van der Waals surface area contributed by atoms with Gasteiger partial charge in [-0.3, -0.25) is 0 Å². The molecule has 1 aliphatic rings. The van der Waals surface area contributed by atoms with E-state index in [0.29, 0.717) is 12.1 Å². The summed E-state index contributed by atoms with van der Waals surface area (Å²) in [5, 5.41) is 4.66. The topological polar surface area (TPSA) is 17.0 Å². The fourth-order valence-electron chi connectivity index (χ4n) is 3.39. The van der Waals surface area contributed by atoms with Gasteiger partial charge in [-0.15, -0.1) is 0 Å². The largest absolute Gasteiger partial charge is 0.341 e. The van der Waals surface area contributed by atoms with E-state index in [1.54, 1.807) is 12.1 Å². The zero-order valence-corrected chi connectivity index (χ0v) is 12.3. The molecule has 3 rings (SSSR count). The van der Waals surface area contributed by atoms with Crippen molar-refractivity contribution >= 4 is 10.9 Å². The van der Waals surface area contributed by atoms with Crippen molar-refractivity contribution in [3.05, 3.63) is 35.8 Å². The molecule has 0 spiro atoms. The van der Waals surface area contributed by atoms with E-state index in [0.717, 1.165) is 17.4 Å². The lowest BCUT2D eigenvalue weighted by molar-refractivity contribution is 0.497. The lowest BCUT2D eigenvalue weighted by Crippen LogP contribution is -2.26. The van der Waals surface area contributed by atoms with Crippen molar-refractivity contribution < 1.29 is 4.39 Å². The average Bonchev–Trinajstić information content (AvgIpc) is 3.02. The second kappa shape index (κ2) is 5.57. The SMILES string of the molecule is CC(C)n1c(CNC2CCCC2)cc2cc(F)ccc21. The normalized spacial score (nSPS) is 16.6. The molecule has 108 valence electrons. The van der Waals surface area contributed by atoms with E-state index in [2.05, 4.69) is 29.8 Å². The Balaban J connectivity index is 1.89. The minimum atomic E-state index is -0.159. The summed E-state index contributed by atoms with van der Waals surface area (Å²) in [6, 6.07) is 8.25. The van der Waals surface area contributed by atoms with Crippen LogP contribution in [0.25, 0.3) is 10.9 Å². The maximum absolute atomic E-state index is 13.4. The second-order valence-corrected chi connectivity index (χ2v) is 6.16. The highest BCUT2D eigenvalue weighted by molar-refractivity contribution is 5.81. The highest BCUT2D eigenvalue weighted by Gasteiger charge is 2.16. The van der Waals surface area contributed by atoms with Crippen molar-refractivity contribution in [3.8, 4) is 0 Å². The number of fused-ring (bicyclic) bond motifs is 1. The summed E-state index contributed by atoms with van der Waals surface area (Å²) in [7, 11) is 0. The van der Waals surface area contributed by atoms with Gasteiger partial charge in [0.05, 0.1) is 0 Å². The lowest BCUT2D eigenvalue weighted by atomic mass is 10.2. The van der Waals surface area contributed by atoms with Crippen molar-refractivity contribution in [2.24, 2.45) is 0 Å². The molecule has 0 amide bonds. The second-order valence-electron chi connectivity index (χ2n) is 6.16. The fraction of sp³-hybridized carbons (Fsp3) is 0.529. The van der Waals surface area contributed by atoms with Crippen LogP contribution in [0.3, 0.4) is 0 Å². The van der Waals surface area contributed by atoms with Gasteiger partial charge in [0.15, 0.2) is 0 Å². The molecule has 0 atom stereocenters. The van der Waals surface area contributed by atoms with Crippen LogP contribution in [0.5, 0.6) is 0 Å². The molecule has 0 unspecified atom stereocenters. The predicted molar refractivity (Wildman–Crippen MR) is 81.4 cm³/mol. The molecule has 1 aromatic carbocycles. The van der Waals surface area contributed by atoms with Gasteiger partial charge in [0, 0.05) is 35.2 Å². The van der Waals surface area contributed by atoms with Crippen LogP contribution < -0.4 is 5.32 Å². The Labute approximate surface area is 120 Å². The van der Waals surface area contributed by atoms with E-state index in [-0.39, 0.29) is 5.82 Å². The molecule has 1 N–H and O–H groups in total. The molecule has 0 aliphatic heterocycles. The molecule has 1 aliphatic carbocycles. The predicted octanol–water partition coefficient (Wildman–Crippen LogP) is 4.39. The zero-order valence-electron chi connectivity index (χ0n) is 12.3. The van der Waals surface area contributed by atoms with Gasteiger partial charge in [0.2, 0.25) is 0 Å². The van der Waals surface area contributed by atoms with Gasteiger partial charge in [-0.2, -0.15) is 0 Å². The van der Waals surface area contributed by atoms with Gasteiger partial charge in [-0.05, 0) is 51.0 Å². The van der Waals surface area contributed by atoms with Gasteiger partial charge < -0.3 is 9.88 Å². The summed E-state index contributed by atoms with van der Waals surface area (Å²) in [6.45, 7) is 5.24. The first-order valence-electron chi connectivity index (χ1n) is 7.68. The smallest absolute Gasteiger partial charge is 0.123 e. The zero-order chi connectivity index (χ0) is 14.1. The number of aromatic nitrogens is 1. The summed E-state index contributed by atoms with van der Waals surface area (Å²) in [5.41, 5.74) is 2.39. The molecule has 20 heavy (non-hydrogen) atoms. The molecular weight excluding hydrogens is 251 g/mol. The number of hydrogen-bond donors (Lipinski definition) is 1. The fourth-order valence-corrected chi connectivity index (χ4v) is 3.39. The third-order valence-corrected chi connectivity index (χ3v) is 4.32. The number of rotatable bonds is 4. The lowest BCUT2D eigenvalue weighted by Gasteiger charge is -2.17. The van der Waals surface area contributed by atoms with Crippen LogP contribution in [-0.4, -0.2) is 10.6 Å². The van der Waals surface area contributed by atoms with Crippen LogP contribution in [0.2, 0.25) is 0 Å². The minimum absolute atomic E-state index is 0.159. The van der Waals surface area contributed by atoms with Crippen molar-refractivity contribution in [2.75, 3.05) is 0 Å². The van der Waals surface area contributed by atoms with Crippen molar-refractivity contribution in [1.82, 2.24) is 9.88 Å². The van der Waals surface area contributed by atoms with Gasteiger partial charge >= 0.3 is 0 Å². The van der Waals surface area contributed by atoms with E-state index < -0.39 is 0 Å². The molecule has 2 nitrogen and oxygen atoms in total. The first-order chi connectivity index (χ1) is 9.65. The Kier molecular flexibility index (Phi) is 3.79. The maximum atomic E-state index is 13.4. The molecular formula is C17H23FN2. The Morgan fingerprint density at radius 2 is 2.00 bits per heavy atom. The molecule has 0 saturated heterocycles. The van der Waals surface area contributed by atoms with Crippen molar-refractivity contribution in [1.29, 1.82) is 0 Å². The number of halogens is 1. The summed E-state index contributed by atoms with van der Waals surface area (Å²) in [5.74, 6) is -0.159. The van der Waals surface area contributed by atoms with Gasteiger partial charge in [0.25, 0.3) is 0 Å². The minimum Gasteiger partial charge on any atom is -0.341 e. The average molecular weight is 274 g/mol. The summed E-state index contributed by atoms with van der Waals surface area (Å²) in [6.07, 6.45) is 5.26. The van der Waals surface area contributed by atoms with Crippen LogP contribution in [0.4, 0.5) is 4.39 Å². The first kappa shape index (κ1) is 13.6. The van der Waals surface area contributed by atoms with Crippen LogP contribution in [0.1, 0.15) is 51.3 Å². The highest BCUT2D eigenvalue weighted by atomic mass is 19.1. The van der Waals surface area contributed by atoms with Crippen molar-refractivity contribution in [2.45, 2.75) is 58.2 Å². The summed E-state index contributed by atoms with van der Waals surface area (Å²) >= 11 is 0. The molecule has 2 aromatic rings. The monoisotopic (exact) mass is 274 g/mol. The standard InChI is InChI=1S/C17H23FN2/c1-12(2)20-16(11-19-15-5-3-4-6-15)10-13-9-14(18)7-8-17(13)20/h7-10,12,15,19H,3-6,11H2,1-2H3. The maximum Gasteiger partial charge on any atom is 0.123 e. The van der Waals surface area contributed by atoms with E-state index in [9.17, 15) is 4.39 Å². The Bertz CT molecular complexity index is 594. The van der Waals surface area contributed by atoms with E-state index in [1.807, 2.05) is 6.07 Å². The van der Waals surface area contributed by atoms with Gasteiger partial charge in [-0.1, -0.05) is 12.8 Å². The quantitative estimate of drug-likeness (QED) is 0.874. The Hall–Kier alpha value is -1.35. The van der Waals surface area contributed by atoms with E-state index in [1.165, 1.54) is 31.4 Å². The van der Waals surface area contributed by atoms with Crippen LogP contribution in [0, 0.1) is 5.82 Å². The van der Waals surface area contributed by atoms with Crippen LogP contribution in [0.15, 0.2) is 24.3 Å². The third kappa shape index (κ3) is 2.59. The molecule has 1 aromatic heterocycles. The molecule has 3 heteroatoms. The van der Waals surface area contributed by atoms with E-state index >= 15 is 0 Å². The van der Waals surface area contributed by atoms with Gasteiger partial charge in [-0.25, -0.2) is 4.39 Å². The number of hydrogen-bond acceptors (Lipinski definition) is 1. The Morgan fingerprint density at radius 1 is 1.25 bits per heavy atom. The summed E-state index contributed by atoms with van der Waals surface area (Å²) < 4.78 is 15.7. The number of nitrogens with zero attached hydrogens (tertiary/aromatic N) is 1. The molecule has 1 saturated carbocycles. The summed E-state index contributed by atoms with van der Waals surface area (Å²) in [4.78, 5) is 0. The van der Waals surface area contributed by atoms with Crippen LogP contribution in [-0.2, 0) is 6.54 Å². The first-order valence-corrected chi connectivity index (χ1v) is 7.68. The van der Waals surface area contributed by atoms with Gasteiger partial charge in [0.1, 0.15) is 5.82 Å². The van der Waals surface area contributed by atoms with E-state index in [4.69, 9.17) is 0 Å². The molecule has 0 radical (unpaired) electrons. The van der Waals surface area contributed by atoms with Crippen LogP contribution >= 0.6 is 0 Å². The third-order valence-electron chi connectivity index (χ3n) is 4.32. The Morgan fingerprint density at radius 3 is 2.70 bits per heavy atom. The molecule has 0 bridgehead atoms. The van der Waals surface area contributed by atoms with Crippen molar-refractivity contribution in [3.63, 3.8) is 0 Å².